The van der Waals surface area contributed by atoms with E-state index in [0.717, 1.165) is 10.7 Å². The summed E-state index contributed by atoms with van der Waals surface area (Å²) in [4.78, 5) is 26.1. The van der Waals surface area contributed by atoms with E-state index in [4.69, 9.17) is 11.6 Å². The van der Waals surface area contributed by atoms with Crippen LogP contribution in [0.2, 0.25) is 4.34 Å². The average molecular weight is 539 g/mol. The van der Waals surface area contributed by atoms with Crippen LogP contribution >= 0.6 is 22.9 Å². The third-order valence-corrected chi connectivity index (χ3v) is 6.56. The molecule has 2 aromatic carbocycles. The van der Waals surface area contributed by atoms with Crippen LogP contribution in [-0.2, 0) is 30.5 Å². The largest absolute Gasteiger partial charge is 0.416 e. The van der Waals surface area contributed by atoms with Crippen LogP contribution in [0, 0.1) is 5.82 Å². The SMILES string of the molecule is O=C(Cn1nc(-c2ccc(Cl)s2)n(Cc2ccccc2F)c1=O)NCCc1ccccc1C(F)(F)F. The molecule has 12 heteroatoms. The molecule has 6 nitrogen and oxygen atoms in total. The van der Waals surface area contributed by atoms with Crippen LogP contribution in [0.3, 0.4) is 0 Å². The maximum atomic E-state index is 14.2. The molecule has 0 radical (unpaired) electrons. The zero-order valence-corrected chi connectivity index (χ0v) is 20.1. The summed E-state index contributed by atoms with van der Waals surface area (Å²) in [5, 5.41) is 6.78. The molecule has 0 unspecified atom stereocenters. The number of hydrogen-bond acceptors (Lipinski definition) is 4. The summed E-state index contributed by atoms with van der Waals surface area (Å²) in [5.74, 6) is -0.885. The number of nitrogens with one attached hydrogen (secondary N) is 1. The van der Waals surface area contributed by atoms with Crippen molar-refractivity contribution in [2.24, 2.45) is 0 Å². The molecule has 4 aromatic rings. The van der Waals surface area contributed by atoms with Crippen LogP contribution in [-0.4, -0.2) is 26.8 Å². The lowest BCUT2D eigenvalue weighted by Gasteiger charge is -2.12. The predicted molar refractivity (Wildman–Crippen MR) is 128 cm³/mol. The number of rotatable bonds is 8. The maximum absolute atomic E-state index is 14.2. The molecule has 0 saturated carbocycles. The van der Waals surface area contributed by atoms with Gasteiger partial charge in [0.05, 0.1) is 21.3 Å². The Hall–Kier alpha value is -3.44. The van der Waals surface area contributed by atoms with Gasteiger partial charge in [0.1, 0.15) is 12.4 Å². The van der Waals surface area contributed by atoms with Gasteiger partial charge in [-0.2, -0.15) is 13.2 Å². The Morgan fingerprint density at radius 3 is 2.39 bits per heavy atom. The summed E-state index contributed by atoms with van der Waals surface area (Å²) in [6.07, 6.45) is -4.54. The standard InChI is InChI=1S/C24H19ClF4N4O2S/c25-20-10-9-19(36-20)22-31-33(23(35)32(22)13-16-6-2-4-8-18(16)26)14-21(34)30-12-11-15-5-1-3-7-17(15)24(27,28)29/h1-10H,11-14H2,(H,30,34). The molecule has 2 aromatic heterocycles. The van der Waals surface area contributed by atoms with Gasteiger partial charge in [0.2, 0.25) is 5.91 Å². The first-order chi connectivity index (χ1) is 17.1. The van der Waals surface area contributed by atoms with Crippen molar-refractivity contribution >= 4 is 28.8 Å². The molecule has 4 rings (SSSR count). The minimum absolute atomic E-state index is 0.0447. The van der Waals surface area contributed by atoms with E-state index in [1.807, 2.05) is 0 Å². The molecule has 36 heavy (non-hydrogen) atoms. The van der Waals surface area contributed by atoms with E-state index in [2.05, 4.69) is 10.4 Å². The van der Waals surface area contributed by atoms with Gasteiger partial charge in [0.25, 0.3) is 0 Å². The Bertz CT molecular complexity index is 1440. The Balaban J connectivity index is 1.51. The number of thiophene rings is 1. The summed E-state index contributed by atoms with van der Waals surface area (Å²) < 4.78 is 56.4. The molecule has 1 amide bonds. The number of aromatic nitrogens is 3. The van der Waals surface area contributed by atoms with E-state index < -0.39 is 35.7 Å². The molecule has 0 bridgehead atoms. The van der Waals surface area contributed by atoms with Gasteiger partial charge < -0.3 is 5.32 Å². The number of benzene rings is 2. The van der Waals surface area contributed by atoms with Crippen molar-refractivity contribution < 1.29 is 22.4 Å². The number of carbonyl (C=O) groups excluding carboxylic acids is 1. The average Bonchev–Trinajstić information content (AvgIpc) is 3.38. The highest BCUT2D eigenvalue weighted by Crippen LogP contribution is 2.32. The van der Waals surface area contributed by atoms with Crippen LogP contribution in [0.4, 0.5) is 17.6 Å². The van der Waals surface area contributed by atoms with Crippen molar-refractivity contribution in [1.82, 2.24) is 19.7 Å². The number of carbonyl (C=O) groups is 1. The van der Waals surface area contributed by atoms with Crippen molar-refractivity contribution in [3.8, 4) is 10.7 Å². The van der Waals surface area contributed by atoms with Crippen LogP contribution in [0.5, 0.6) is 0 Å². The molecule has 188 valence electrons. The first-order valence-electron chi connectivity index (χ1n) is 10.7. The Kier molecular flexibility index (Phi) is 7.60. The van der Waals surface area contributed by atoms with Crippen molar-refractivity contribution in [1.29, 1.82) is 0 Å². The quantitative estimate of drug-likeness (QED) is 0.321. The second kappa shape index (κ2) is 10.7. The number of hydrogen-bond donors (Lipinski definition) is 1. The third kappa shape index (κ3) is 5.85. The lowest BCUT2D eigenvalue weighted by Crippen LogP contribution is -2.35. The van der Waals surface area contributed by atoms with Gasteiger partial charge in [0.15, 0.2) is 5.82 Å². The fourth-order valence-electron chi connectivity index (χ4n) is 3.64. The minimum Gasteiger partial charge on any atom is -0.354 e. The fraction of sp³-hybridized carbons (Fsp3) is 0.208. The highest BCUT2D eigenvalue weighted by Gasteiger charge is 2.32. The van der Waals surface area contributed by atoms with Crippen LogP contribution < -0.4 is 11.0 Å². The molecule has 0 fully saturated rings. The summed E-state index contributed by atoms with van der Waals surface area (Å²) in [6.45, 7) is -0.646. The summed E-state index contributed by atoms with van der Waals surface area (Å²) in [7, 11) is 0. The minimum atomic E-state index is -4.50. The predicted octanol–water partition coefficient (Wildman–Crippen LogP) is 4.99. The number of halogens is 5. The molecule has 1 N–H and O–H groups in total. The normalized spacial score (nSPS) is 11.6. The molecule has 0 saturated heterocycles. The zero-order chi connectivity index (χ0) is 25.9. The van der Waals surface area contributed by atoms with Crippen molar-refractivity contribution in [2.45, 2.75) is 25.7 Å². The molecule has 0 aliphatic rings. The monoisotopic (exact) mass is 538 g/mol. The van der Waals surface area contributed by atoms with Crippen LogP contribution in [0.1, 0.15) is 16.7 Å². The number of nitrogens with zero attached hydrogens (tertiary/aromatic N) is 3. The molecular weight excluding hydrogens is 520 g/mol. The zero-order valence-electron chi connectivity index (χ0n) is 18.6. The van der Waals surface area contributed by atoms with Crippen molar-refractivity contribution in [2.75, 3.05) is 6.54 Å². The smallest absolute Gasteiger partial charge is 0.354 e. The number of alkyl halides is 3. The summed E-state index contributed by atoms with van der Waals surface area (Å²) in [5.41, 5.74) is -1.10. The van der Waals surface area contributed by atoms with Crippen molar-refractivity contribution in [3.63, 3.8) is 0 Å². The fourth-order valence-corrected chi connectivity index (χ4v) is 4.68. The summed E-state index contributed by atoms with van der Waals surface area (Å²) >= 11 is 7.20. The van der Waals surface area contributed by atoms with Gasteiger partial charge in [0, 0.05) is 12.1 Å². The lowest BCUT2D eigenvalue weighted by atomic mass is 10.0. The number of amides is 1. The molecule has 0 spiro atoms. The first-order valence-corrected chi connectivity index (χ1v) is 11.9. The van der Waals surface area contributed by atoms with Gasteiger partial charge in [-0.15, -0.1) is 16.4 Å². The van der Waals surface area contributed by atoms with Crippen molar-refractivity contribution in [3.05, 3.63) is 98.0 Å². The lowest BCUT2D eigenvalue weighted by molar-refractivity contribution is -0.138. The third-order valence-electron chi connectivity index (χ3n) is 5.34. The molecule has 0 aliphatic carbocycles. The van der Waals surface area contributed by atoms with Crippen LogP contribution in [0.15, 0.2) is 65.5 Å². The first kappa shape index (κ1) is 25.6. The van der Waals surface area contributed by atoms with E-state index in [-0.39, 0.29) is 36.5 Å². The molecule has 0 atom stereocenters. The van der Waals surface area contributed by atoms with Crippen LogP contribution in [0.25, 0.3) is 10.7 Å². The second-order valence-corrected chi connectivity index (χ2v) is 9.52. The van der Waals surface area contributed by atoms with Gasteiger partial charge >= 0.3 is 11.9 Å². The molecular formula is C24H19ClF4N4O2S. The van der Waals surface area contributed by atoms with E-state index in [1.54, 1.807) is 18.2 Å². The molecule has 0 aliphatic heterocycles. The summed E-state index contributed by atoms with van der Waals surface area (Å²) in [6, 6.07) is 14.4. The van der Waals surface area contributed by atoms with E-state index in [9.17, 15) is 27.2 Å². The van der Waals surface area contributed by atoms with Gasteiger partial charge in [-0.3, -0.25) is 9.36 Å². The highest BCUT2D eigenvalue weighted by molar-refractivity contribution is 7.19. The van der Waals surface area contributed by atoms with E-state index in [1.165, 1.54) is 52.3 Å². The van der Waals surface area contributed by atoms with E-state index >= 15 is 0 Å². The Morgan fingerprint density at radius 2 is 1.72 bits per heavy atom. The maximum Gasteiger partial charge on any atom is 0.416 e. The highest BCUT2D eigenvalue weighted by atomic mass is 35.5. The van der Waals surface area contributed by atoms with Gasteiger partial charge in [-0.25, -0.2) is 13.9 Å². The van der Waals surface area contributed by atoms with Gasteiger partial charge in [-0.05, 0) is 36.2 Å². The molecule has 2 heterocycles. The van der Waals surface area contributed by atoms with Gasteiger partial charge in [-0.1, -0.05) is 48.0 Å². The van der Waals surface area contributed by atoms with E-state index in [0.29, 0.717) is 9.21 Å². The Morgan fingerprint density at radius 1 is 1.03 bits per heavy atom. The topological polar surface area (TPSA) is 68.9 Å². The Labute approximate surface area is 211 Å². The second-order valence-electron chi connectivity index (χ2n) is 7.80.